The van der Waals surface area contributed by atoms with Crippen LogP contribution in [0.15, 0.2) is 28.9 Å². The van der Waals surface area contributed by atoms with Crippen molar-refractivity contribution in [3.05, 3.63) is 40.2 Å². The number of rotatable bonds is 10. The summed E-state index contributed by atoms with van der Waals surface area (Å²) in [4.78, 5) is 0. The van der Waals surface area contributed by atoms with Crippen LogP contribution in [0, 0.1) is 11.7 Å². The number of sulfonamides is 1. The first-order valence-corrected chi connectivity index (χ1v) is 17.3. The van der Waals surface area contributed by atoms with Crippen LogP contribution in [0.4, 0.5) is 4.39 Å². The first kappa shape index (κ1) is 26.5. The smallest absolute Gasteiger partial charge is 0.217 e. The molecule has 0 radical (unpaired) electrons. The highest BCUT2D eigenvalue weighted by Crippen LogP contribution is 2.45. The molecule has 10 heteroatoms. The van der Waals surface area contributed by atoms with E-state index in [1.807, 2.05) is 6.20 Å². The van der Waals surface area contributed by atoms with Crippen LogP contribution in [0.1, 0.15) is 45.2 Å². The summed E-state index contributed by atoms with van der Waals surface area (Å²) in [5, 5.41) is 4.71. The van der Waals surface area contributed by atoms with Gasteiger partial charge in [-0.2, -0.15) is 5.10 Å². The van der Waals surface area contributed by atoms with Crippen molar-refractivity contribution < 1.29 is 17.5 Å². The number of nitrogens with zero attached hydrogens (tertiary/aromatic N) is 2. The third-order valence-corrected chi connectivity index (χ3v) is 10.3. The molecular weight excluding hydrogens is 525 g/mol. The van der Waals surface area contributed by atoms with Gasteiger partial charge in [0.05, 0.1) is 16.5 Å². The molecule has 1 saturated carbocycles. The minimum Gasteiger partial charge on any atom is -0.360 e. The zero-order valence-corrected chi connectivity index (χ0v) is 23.7. The van der Waals surface area contributed by atoms with Crippen LogP contribution in [0.2, 0.25) is 25.7 Å². The zero-order valence-electron chi connectivity index (χ0n) is 20.3. The van der Waals surface area contributed by atoms with Crippen molar-refractivity contribution in [3.8, 4) is 11.3 Å². The number of nitrogens with one attached hydrogen (secondary N) is 1. The molecule has 0 saturated heterocycles. The molecule has 1 heterocycles. The lowest BCUT2D eigenvalue weighted by atomic mass is 10.00. The second-order valence-electron chi connectivity index (χ2n) is 11.0. The molecule has 1 N–H and O–H groups in total. The van der Waals surface area contributed by atoms with Crippen LogP contribution in [0.3, 0.4) is 0 Å². The van der Waals surface area contributed by atoms with E-state index in [-0.39, 0.29) is 18.5 Å². The lowest BCUT2D eigenvalue weighted by molar-refractivity contribution is 0.0786. The Morgan fingerprint density at radius 1 is 1.30 bits per heavy atom. The van der Waals surface area contributed by atoms with Crippen molar-refractivity contribution in [2.24, 2.45) is 5.92 Å². The summed E-state index contributed by atoms with van der Waals surface area (Å²) in [5.74, 6) is -0.197. The maximum absolute atomic E-state index is 14.1. The number of ether oxygens (including phenoxy) is 1. The quantitative estimate of drug-likeness (QED) is 0.289. The Bertz CT molecular complexity index is 1090. The van der Waals surface area contributed by atoms with E-state index in [9.17, 15) is 12.8 Å². The van der Waals surface area contributed by atoms with E-state index in [4.69, 9.17) is 9.84 Å². The number of halogens is 2. The summed E-state index contributed by atoms with van der Waals surface area (Å²) in [6.07, 6.45) is 3.70. The first-order chi connectivity index (χ1) is 15.2. The SMILES string of the molecule is CC(C)(C)S(=O)(=O)N[C@@H](c1cn(COCC[Si](C)(C)C)nc1-c1cc(F)ccc1Br)C1CC1. The van der Waals surface area contributed by atoms with E-state index in [1.54, 1.807) is 31.5 Å². The van der Waals surface area contributed by atoms with E-state index in [0.717, 1.165) is 24.4 Å². The van der Waals surface area contributed by atoms with Gasteiger partial charge in [0.2, 0.25) is 10.0 Å². The highest BCUT2D eigenvalue weighted by Gasteiger charge is 2.41. The number of benzene rings is 1. The number of hydrogen-bond acceptors (Lipinski definition) is 4. The molecule has 1 aromatic carbocycles. The van der Waals surface area contributed by atoms with Gasteiger partial charge in [0, 0.05) is 36.5 Å². The van der Waals surface area contributed by atoms with Gasteiger partial charge < -0.3 is 4.74 Å². The van der Waals surface area contributed by atoms with Crippen molar-refractivity contribution in [3.63, 3.8) is 0 Å². The van der Waals surface area contributed by atoms with Gasteiger partial charge >= 0.3 is 0 Å². The molecule has 1 aliphatic carbocycles. The molecule has 184 valence electrons. The van der Waals surface area contributed by atoms with E-state index in [0.29, 0.717) is 22.3 Å². The average Bonchev–Trinajstić information content (AvgIpc) is 3.43. The predicted octanol–water partition coefficient (Wildman–Crippen LogP) is 5.93. The molecule has 0 unspecified atom stereocenters. The zero-order chi connectivity index (χ0) is 24.6. The van der Waals surface area contributed by atoms with Crippen molar-refractivity contribution in [2.45, 2.75) is 76.8 Å². The van der Waals surface area contributed by atoms with Crippen molar-refractivity contribution in [2.75, 3.05) is 6.61 Å². The molecule has 1 fully saturated rings. The van der Waals surface area contributed by atoms with Gasteiger partial charge in [-0.1, -0.05) is 35.6 Å². The Hall–Kier alpha value is -1.07. The predicted molar refractivity (Wildman–Crippen MR) is 137 cm³/mol. The third kappa shape index (κ3) is 6.97. The van der Waals surface area contributed by atoms with Crippen molar-refractivity contribution >= 4 is 34.0 Å². The van der Waals surface area contributed by atoms with E-state index >= 15 is 0 Å². The molecular formula is C23H35BrFN3O3SSi. The lowest BCUT2D eigenvalue weighted by Gasteiger charge is -2.25. The molecule has 6 nitrogen and oxygen atoms in total. The summed E-state index contributed by atoms with van der Waals surface area (Å²) in [6.45, 7) is 12.8. The Morgan fingerprint density at radius 2 is 1.97 bits per heavy atom. The fraction of sp³-hybridized carbons (Fsp3) is 0.609. The molecule has 1 aliphatic rings. The van der Waals surface area contributed by atoms with Crippen LogP contribution in [0.5, 0.6) is 0 Å². The molecule has 0 bridgehead atoms. The molecule has 33 heavy (non-hydrogen) atoms. The Balaban J connectivity index is 1.98. The van der Waals surface area contributed by atoms with Crippen LogP contribution in [-0.2, 0) is 21.5 Å². The average molecular weight is 561 g/mol. The monoisotopic (exact) mass is 559 g/mol. The Morgan fingerprint density at radius 3 is 2.55 bits per heavy atom. The molecule has 0 aliphatic heterocycles. The maximum atomic E-state index is 14.1. The highest BCUT2D eigenvalue weighted by molar-refractivity contribution is 9.10. The summed E-state index contributed by atoms with van der Waals surface area (Å²) < 4.78 is 50.4. The second-order valence-corrected chi connectivity index (χ2v) is 19.9. The minimum absolute atomic E-state index is 0.179. The van der Waals surface area contributed by atoms with Gasteiger partial charge in [-0.3, -0.25) is 0 Å². The van der Waals surface area contributed by atoms with Crippen LogP contribution in [0.25, 0.3) is 11.3 Å². The van der Waals surface area contributed by atoms with Gasteiger partial charge in [0.15, 0.2) is 0 Å². The fourth-order valence-corrected chi connectivity index (χ4v) is 5.54. The van der Waals surface area contributed by atoms with Gasteiger partial charge in [-0.05, 0) is 63.8 Å². The van der Waals surface area contributed by atoms with Gasteiger partial charge in [-0.15, -0.1) is 0 Å². The van der Waals surface area contributed by atoms with Crippen molar-refractivity contribution in [1.29, 1.82) is 0 Å². The molecule has 2 aromatic rings. The van der Waals surface area contributed by atoms with Crippen LogP contribution in [-0.4, -0.2) is 37.6 Å². The fourth-order valence-electron chi connectivity index (χ4n) is 3.34. The van der Waals surface area contributed by atoms with Gasteiger partial charge in [-0.25, -0.2) is 22.2 Å². The maximum Gasteiger partial charge on any atom is 0.217 e. The molecule has 3 rings (SSSR count). The third-order valence-electron chi connectivity index (χ3n) is 5.71. The lowest BCUT2D eigenvalue weighted by Crippen LogP contribution is -2.41. The minimum atomic E-state index is -3.59. The van der Waals surface area contributed by atoms with Crippen molar-refractivity contribution in [1.82, 2.24) is 14.5 Å². The molecule has 0 amide bonds. The summed E-state index contributed by atoms with van der Waals surface area (Å²) in [5.41, 5.74) is 1.89. The Kier molecular flexibility index (Phi) is 7.95. The summed E-state index contributed by atoms with van der Waals surface area (Å²) in [6, 6.07) is 5.05. The first-order valence-electron chi connectivity index (χ1n) is 11.3. The number of aromatic nitrogens is 2. The molecule has 0 spiro atoms. The van der Waals surface area contributed by atoms with Crippen LogP contribution >= 0.6 is 15.9 Å². The van der Waals surface area contributed by atoms with Gasteiger partial charge in [0.1, 0.15) is 12.5 Å². The van der Waals surface area contributed by atoms with Gasteiger partial charge in [0.25, 0.3) is 0 Å². The summed E-state index contributed by atoms with van der Waals surface area (Å²) in [7, 11) is -4.81. The van der Waals surface area contributed by atoms with E-state index in [2.05, 4.69) is 40.3 Å². The summed E-state index contributed by atoms with van der Waals surface area (Å²) >= 11 is 3.51. The largest absolute Gasteiger partial charge is 0.360 e. The highest BCUT2D eigenvalue weighted by atomic mass is 79.9. The number of hydrogen-bond donors (Lipinski definition) is 1. The Labute approximate surface area is 206 Å². The second kappa shape index (κ2) is 9.89. The molecule has 1 atom stereocenters. The van der Waals surface area contributed by atoms with E-state index in [1.165, 1.54) is 12.1 Å². The van der Waals surface area contributed by atoms with E-state index < -0.39 is 28.9 Å². The standard InChI is InChI=1S/C23H35BrFN3O3SSi/c1-23(2,3)32(29,30)27-21(16-7-8-16)19-14-28(15-31-11-12-33(4,5)6)26-22(19)18-13-17(25)9-10-20(18)24/h9-10,13-14,16,21,27H,7-8,11-12,15H2,1-6H3/t21-/m1/s1. The topological polar surface area (TPSA) is 73.2 Å². The van der Waals surface area contributed by atoms with Crippen LogP contribution < -0.4 is 4.72 Å². The molecule has 1 aromatic heterocycles. The normalized spacial score (nSPS) is 16.2.